The van der Waals surface area contributed by atoms with Crippen LogP contribution < -0.4 is 10.1 Å². The molecule has 0 amide bonds. The molecule has 2 unspecified atom stereocenters. The number of aryl methyl sites for hydroxylation is 1. The summed E-state index contributed by atoms with van der Waals surface area (Å²) in [4.78, 5) is 0. The zero-order valence-electron chi connectivity index (χ0n) is 13.6. The maximum atomic E-state index is 6.02. The van der Waals surface area contributed by atoms with Crippen molar-refractivity contribution >= 4 is 0 Å². The summed E-state index contributed by atoms with van der Waals surface area (Å²) in [7, 11) is 1.71. The molecule has 0 aromatic heterocycles. The molecule has 1 aromatic rings. The molecule has 1 aromatic carbocycles. The van der Waals surface area contributed by atoms with Crippen LogP contribution in [0.25, 0.3) is 0 Å². The van der Waals surface area contributed by atoms with Crippen molar-refractivity contribution in [2.45, 2.75) is 51.7 Å². The van der Waals surface area contributed by atoms with Gasteiger partial charge in [0.05, 0.1) is 13.2 Å². The molecule has 1 saturated carbocycles. The molecule has 2 atom stereocenters. The minimum Gasteiger partial charge on any atom is -0.497 e. The molecule has 2 rings (SSSR count). The second-order valence-electron chi connectivity index (χ2n) is 5.81. The van der Waals surface area contributed by atoms with E-state index in [9.17, 15) is 0 Å². The zero-order valence-corrected chi connectivity index (χ0v) is 13.6. The van der Waals surface area contributed by atoms with Crippen LogP contribution >= 0.6 is 0 Å². The standard InChI is InChI=1S/C18H29NO2/c1-4-19-17(18(21-5-2)15-9-10-15)13-8-14-6-11-16(20-3)12-7-14/h6-7,11-12,15,17-19H,4-5,8-10,13H2,1-3H3. The lowest BCUT2D eigenvalue weighted by Crippen LogP contribution is -2.43. The normalized spacial score (nSPS) is 17.5. The molecule has 1 fully saturated rings. The summed E-state index contributed by atoms with van der Waals surface area (Å²) in [6.45, 7) is 6.09. The van der Waals surface area contributed by atoms with E-state index in [1.807, 2.05) is 12.1 Å². The largest absolute Gasteiger partial charge is 0.497 e. The number of nitrogens with one attached hydrogen (secondary N) is 1. The predicted octanol–water partition coefficient (Wildman–Crippen LogP) is 3.42. The van der Waals surface area contributed by atoms with E-state index < -0.39 is 0 Å². The summed E-state index contributed by atoms with van der Waals surface area (Å²) in [5.41, 5.74) is 1.37. The highest BCUT2D eigenvalue weighted by molar-refractivity contribution is 5.27. The number of rotatable bonds is 10. The van der Waals surface area contributed by atoms with Gasteiger partial charge in [-0.25, -0.2) is 0 Å². The third-order valence-electron chi connectivity index (χ3n) is 4.21. The molecule has 1 aliphatic rings. The number of ether oxygens (including phenoxy) is 2. The molecule has 1 aliphatic carbocycles. The Kier molecular flexibility index (Phi) is 6.52. The second kappa shape index (κ2) is 8.40. The molecule has 21 heavy (non-hydrogen) atoms. The number of methoxy groups -OCH3 is 1. The van der Waals surface area contributed by atoms with Gasteiger partial charge in [-0.3, -0.25) is 0 Å². The van der Waals surface area contributed by atoms with Gasteiger partial charge in [0.25, 0.3) is 0 Å². The van der Waals surface area contributed by atoms with Crippen molar-refractivity contribution in [3.8, 4) is 5.75 Å². The lowest BCUT2D eigenvalue weighted by atomic mass is 9.98. The van der Waals surface area contributed by atoms with Gasteiger partial charge in [0.15, 0.2) is 0 Å². The Balaban J connectivity index is 1.91. The third kappa shape index (κ3) is 5.01. The van der Waals surface area contributed by atoms with Gasteiger partial charge in [0, 0.05) is 12.6 Å². The molecule has 0 radical (unpaired) electrons. The van der Waals surface area contributed by atoms with Gasteiger partial charge in [-0.1, -0.05) is 19.1 Å². The molecule has 0 heterocycles. The van der Waals surface area contributed by atoms with E-state index in [0.717, 1.165) is 37.7 Å². The first-order chi connectivity index (χ1) is 10.3. The Hall–Kier alpha value is -1.06. The Labute approximate surface area is 129 Å². The summed E-state index contributed by atoms with van der Waals surface area (Å²) in [5, 5.41) is 3.63. The van der Waals surface area contributed by atoms with Gasteiger partial charge in [-0.05, 0) is 62.8 Å². The lowest BCUT2D eigenvalue weighted by Gasteiger charge is -2.28. The highest BCUT2D eigenvalue weighted by Gasteiger charge is 2.36. The summed E-state index contributed by atoms with van der Waals surface area (Å²) >= 11 is 0. The minimum atomic E-state index is 0.383. The summed E-state index contributed by atoms with van der Waals surface area (Å²) in [5.74, 6) is 1.69. The summed E-state index contributed by atoms with van der Waals surface area (Å²) in [6.07, 6.45) is 5.25. The molecule has 0 aliphatic heterocycles. The van der Waals surface area contributed by atoms with Crippen LogP contribution in [0.5, 0.6) is 5.75 Å². The van der Waals surface area contributed by atoms with Gasteiger partial charge >= 0.3 is 0 Å². The average Bonchev–Trinajstić information content (AvgIpc) is 3.34. The van der Waals surface area contributed by atoms with E-state index in [-0.39, 0.29) is 0 Å². The molecule has 1 N–H and O–H groups in total. The topological polar surface area (TPSA) is 30.5 Å². The minimum absolute atomic E-state index is 0.383. The first-order valence-electron chi connectivity index (χ1n) is 8.26. The van der Waals surface area contributed by atoms with Crippen LogP contribution in [0.4, 0.5) is 0 Å². The van der Waals surface area contributed by atoms with E-state index in [2.05, 4.69) is 31.3 Å². The van der Waals surface area contributed by atoms with Crippen LogP contribution in [0.2, 0.25) is 0 Å². The average molecular weight is 291 g/mol. The van der Waals surface area contributed by atoms with Gasteiger partial charge in [-0.15, -0.1) is 0 Å². The van der Waals surface area contributed by atoms with Crippen LogP contribution in [0.3, 0.4) is 0 Å². The highest BCUT2D eigenvalue weighted by atomic mass is 16.5. The first kappa shape index (κ1) is 16.3. The third-order valence-corrected chi connectivity index (χ3v) is 4.21. The van der Waals surface area contributed by atoms with Crippen molar-refractivity contribution < 1.29 is 9.47 Å². The summed E-state index contributed by atoms with van der Waals surface area (Å²) in [6, 6.07) is 8.87. The van der Waals surface area contributed by atoms with Crippen molar-refractivity contribution in [3.05, 3.63) is 29.8 Å². The second-order valence-corrected chi connectivity index (χ2v) is 5.81. The van der Waals surface area contributed by atoms with E-state index in [1.165, 1.54) is 18.4 Å². The maximum Gasteiger partial charge on any atom is 0.118 e. The first-order valence-corrected chi connectivity index (χ1v) is 8.26. The van der Waals surface area contributed by atoms with Crippen LogP contribution in [0, 0.1) is 5.92 Å². The SMILES string of the molecule is CCNC(CCc1ccc(OC)cc1)C(OCC)C1CC1. The Morgan fingerprint density at radius 1 is 1.19 bits per heavy atom. The van der Waals surface area contributed by atoms with Crippen LogP contribution in [-0.4, -0.2) is 32.4 Å². The number of likely N-dealkylation sites (N-methyl/N-ethyl adjacent to an activating group) is 1. The molecule has 118 valence electrons. The highest BCUT2D eigenvalue weighted by Crippen LogP contribution is 2.36. The molecule has 0 bridgehead atoms. The molecule has 0 saturated heterocycles. The monoisotopic (exact) mass is 291 g/mol. The van der Waals surface area contributed by atoms with Gasteiger partial charge in [0.2, 0.25) is 0 Å². The fraction of sp³-hybridized carbons (Fsp3) is 0.667. The molecule has 3 heteroatoms. The Morgan fingerprint density at radius 2 is 1.90 bits per heavy atom. The van der Waals surface area contributed by atoms with E-state index in [0.29, 0.717) is 12.1 Å². The Morgan fingerprint density at radius 3 is 2.43 bits per heavy atom. The number of hydrogen-bond donors (Lipinski definition) is 1. The molecule has 3 nitrogen and oxygen atoms in total. The van der Waals surface area contributed by atoms with Crippen molar-refractivity contribution in [2.24, 2.45) is 5.92 Å². The number of benzene rings is 1. The maximum absolute atomic E-state index is 6.02. The molecular weight excluding hydrogens is 262 g/mol. The fourth-order valence-electron chi connectivity index (χ4n) is 2.96. The molecular formula is C18H29NO2. The van der Waals surface area contributed by atoms with E-state index >= 15 is 0 Å². The van der Waals surface area contributed by atoms with Gasteiger partial charge < -0.3 is 14.8 Å². The smallest absolute Gasteiger partial charge is 0.118 e. The van der Waals surface area contributed by atoms with Gasteiger partial charge in [0.1, 0.15) is 5.75 Å². The van der Waals surface area contributed by atoms with Crippen molar-refractivity contribution in [3.63, 3.8) is 0 Å². The van der Waals surface area contributed by atoms with Crippen LogP contribution in [0.1, 0.15) is 38.7 Å². The quantitative estimate of drug-likeness (QED) is 0.716. The van der Waals surface area contributed by atoms with E-state index in [4.69, 9.17) is 9.47 Å². The van der Waals surface area contributed by atoms with Crippen molar-refractivity contribution in [1.29, 1.82) is 0 Å². The van der Waals surface area contributed by atoms with Crippen molar-refractivity contribution in [2.75, 3.05) is 20.3 Å². The van der Waals surface area contributed by atoms with E-state index in [1.54, 1.807) is 7.11 Å². The summed E-state index contributed by atoms with van der Waals surface area (Å²) < 4.78 is 11.2. The van der Waals surface area contributed by atoms with Crippen LogP contribution in [-0.2, 0) is 11.2 Å². The van der Waals surface area contributed by atoms with Crippen LogP contribution in [0.15, 0.2) is 24.3 Å². The lowest BCUT2D eigenvalue weighted by molar-refractivity contribution is 0.0175. The van der Waals surface area contributed by atoms with Gasteiger partial charge in [-0.2, -0.15) is 0 Å². The zero-order chi connectivity index (χ0) is 15.1. The number of hydrogen-bond acceptors (Lipinski definition) is 3. The molecule has 0 spiro atoms. The Bertz CT molecular complexity index is 400. The fourth-order valence-corrected chi connectivity index (χ4v) is 2.96. The van der Waals surface area contributed by atoms with Crippen molar-refractivity contribution in [1.82, 2.24) is 5.32 Å². The predicted molar refractivity (Wildman–Crippen MR) is 86.9 cm³/mol.